The van der Waals surface area contributed by atoms with E-state index in [0.29, 0.717) is 5.56 Å². The minimum Gasteiger partial charge on any atom is -0.477 e. The molecule has 20 heavy (non-hydrogen) atoms. The number of anilines is 1. The zero-order valence-electron chi connectivity index (χ0n) is 10.3. The number of benzene rings is 1. The summed E-state index contributed by atoms with van der Waals surface area (Å²) in [5.74, 6) is -1.90. The number of halogens is 1. The summed E-state index contributed by atoms with van der Waals surface area (Å²) in [7, 11) is -4.00. The van der Waals surface area contributed by atoms with Gasteiger partial charge in [-0.2, -0.15) is 0 Å². The number of carbonyl (C=O) groups is 1. The molecule has 2 aromatic rings. The van der Waals surface area contributed by atoms with Crippen LogP contribution in [0, 0.1) is 12.7 Å². The Morgan fingerprint density at radius 2 is 2.05 bits per heavy atom. The first-order chi connectivity index (χ1) is 9.29. The summed E-state index contributed by atoms with van der Waals surface area (Å²) in [5, 5.41) is 9.96. The monoisotopic (exact) mass is 315 g/mol. The molecule has 1 aromatic carbocycles. The molecule has 5 nitrogen and oxygen atoms in total. The summed E-state index contributed by atoms with van der Waals surface area (Å²) in [6, 6.07) is 5.11. The molecule has 0 amide bonds. The van der Waals surface area contributed by atoms with Gasteiger partial charge in [-0.3, -0.25) is 4.72 Å². The highest BCUT2D eigenvalue weighted by atomic mass is 32.2. The molecule has 0 aliphatic heterocycles. The van der Waals surface area contributed by atoms with E-state index in [0.717, 1.165) is 17.4 Å². The Labute approximate surface area is 118 Å². The molecule has 8 heteroatoms. The quantitative estimate of drug-likeness (QED) is 0.908. The third-order valence-electron chi connectivity index (χ3n) is 2.47. The third kappa shape index (κ3) is 2.97. The van der Waals surface area contributed by atoms with Crippen LogP contribution in [0.3, 0.4) is 0 Å². The average molecular weight is 315 g/mol. The molecule has 1 heterocycles. The predicted octanol–water partition coefficient (Wildman–Crippen LogP) is 2.69. The van der Waals surface area contributed by atoms with Crippen LogP contribution in [-0.4, -0.2) is 19.5 Å². The molecule has 0 aliphatic rings. The van der Waals surface area contributed by atoms with Gasteiger partial charge in [0.2, 0.25) is 0 Å². The van der Waals surface area contributed by atoms with E-state index < -0.39 is 21.8 Å². The second-order valence-corrected chi connectivity index (χ2v) is 6.63. The molecule has 0 saturated heterocycles. The fourth-order valence-electron chi connectivity index (χ4n) is 1.48. The van der Waals surface area contributed by atoms with Crippen LogP contribution in [0.2, 0.25) is 0 Å². The van der Waals surface area contributed by atoms with Crippen molar-refractivity contribution in [3.8, 4) is 0 Å². The molecule has 1 aromatic heterocycles. The standard InChI is InChI=1S/C12H10FNO4S2/c1-7-2-3-10(9(13)4-7)14-20(17,18)8-5-11(12(15)16)19-6-8/h2-6,14H,1H3,(H,15,16). The maximum atomic E-state index is 13.6. The second-order valence-electron chi connectivity index (χ2n) is 4.04. The van der Waals surface area contributed by atoms with E-state index in [2.05, 4.69) is 4.72 Å². The molecular formula is C12H10FNO4S2. The molecule has 2 N–H and O–H groups in total. The van der Waals surface area contributed by atoms with Crippen molar-refractivity contribution < 1.29 is 22.7 Å². The number of carboxylic acids is 1. The topological polar surface area (TPSA) is 83.5 Å². The fraction of sp³-hybridized carbons (Fsp3) is 0.0833. The van der Waals surface area contributed by atoms with Crippen molar-refractivity contribution in [1.29, 1.82) is 0 Å². The molecule has 106 valence electrons. The highest BCUT2D eigenvalue weighted by Crippen LogP contribution is 2.23. The van der Waals surface area contributed by atoms with E-state index in [1.165, 1.54) is 17.5 Å². The predicted molar refractivity (Wildman–Crippen MR) is 73.2 cm³/mol. The number of carboxylic acid groups (broad SMARTS) is 1. The number of nitrogens with one attached hydrogen (secondary N) is 1. The van der Waals surface area contributed by atoms with Crippen molar-refractivity contribution in [2.75, 3.05) is 4.72 Å². The first kappa shape index (κ1) is 14.5. The van der Waals surface area contributed by atoms with Crippen LogP contribution in [0.15, 0.2) is 34.5 Å². The van der Waals surface area contributed by atoms with E-state index in [-0.39, 0.29) is 15.5 Å². The number of thiophene rings is 1. The molecular weight excluding hydrogens is 305 g/mol. The summed E-state index contributed by atoms with van der Waals surface area (Å²) >= 11 is 0.789. The Bertz CT molecular complexity index is 768. The van der Waals surface area contributed by atoms with Crippen molar-refractivity contribution in [3.05, 3.63) is 45.9 Å². The van der Waals surface area contributed by atoms with Gasteiger partial charge in [0.05, 0.1) is 10.6 Å². The molecule has 0 bridgehead atoms. The summed E-state index contributed by atoms with van der Waals surface area (Å²) in [6.45, 7) is 1.68. The zero-order valence-corrected chi connectivity index (χ0v) is 11.9. The van der Waals surface area contributed by atoms with Crippen molar-refractivity contribution in [3.63, 3.8) is 0 Å². The molecule has 0 saturated carbocycles. The van der Waals surface area contributed by atoms with Gasteiger partial charge in [0.1, 0.15) is 10.7 Å². The van der Waals surface area contributed by atoms with Gasteiger partial charge in [-0.05, 0) is 30.7 Å². The lowest BCUT2D eigenvalue weighted by Gasteiger charge is -2.07. The molecule has 0 radical (unpaired) electrons. The summed E-state index contributed by atoms with van der Waals surface area (Å²) in [6.07, 6.45) is 0. The van der Waals surface area contributed by atoms with E-state index in [4.69, 9.17) is 5.11 Å². The highest BCUT2D eigenvalue weighted by molar-refractivity contribution is 7.92. The van der Waals surface area contributed by atoms with Crippen molar-refractivity contribution >= 4 is 33.0 Å². The maximum absolute atomic E-state index is 13.6. The number of sulfonamides is 1. The molecule has 0 atom stereocenters. The van der Waals surface area contributed by atoms with Crippen molar-refractivity contribution in [2.24, 2.45) is 0 Å². The SMILES string of the molecule is Cc1ccc(NS(=O)(=O)c2csc(C(=O)O)c2)c(F)c1. The number of rotatable bonds is 4. The van der Waals surface area contributed by atoms with Crippen LogP contribution < -0.4 is 4.72 Å². The van der Waals surface area contributed by atoms with Gasteiger partial charge in [0.25, 0.3) is 10.0 Å². The van der Waals surface area contributed by atoms with E-state index in [1.54, 1.807) is 13.0 Å². The van der Waals surface area contributed by atoms with Gasteiger partial charge in [-0.25, -0.2) is 17.6 Å². The first-order valence-corrected chi connectivity index (χ1v) is 7.76. The Kier molecular flexibility index (Phi) is 3.78. The van der Waals surface area contributed by atoms with Gasteiger partial charge >= 0.3 is 5.97 Å². The minimum absolute atomic E-state index is 0.102. The Morgan fingerprint density at radius 1 is 1.35 bits per heavy atom. The Morgan fingerprint density at radius 3 is 2.60 bits per heavy atom. The molecule has 0 fully saturated rings. The summed E-state index contributed by atoms with van der Waals surface area (Å²) in [4.78, 5) is 10.4. The van der Waals surface area contributed by atoms with Gasteiger partial charge in [-0.1, -0.05) is 6.07 Å². The van der Waals surface area contributed by atoms with Crippen LogP contribution in [-0.2, 0) is 10.0 Å². The Balaban J connectivity index is 2.33. The van der Waals surface area contributed by atoms with Crippen LogP contribution in [0.1, 0.15) is 15.2 Å². The van der Waals surface area contributed by atoms with Gasteiger partial charge in [0, 0.05) is 5.38 Å². The van der Waals surface area contributed by atoms with Crippen LogP contribution in [0.25, 0.3) is 0 Å². The smallest absolute Gasteiger partial charge is 0.345 e. The highest BCUT2D eigenvalue weighted by Gasteiger charge is 2.19. The molecule has 0 unspecified atom stereocenters. The van der Waals surface area contributed by atoms with Gasteiger partial charge in [-0.15, -0.1) is 11.3 Å². The molecule has 0 spiro atoms. The van der Waals surface area contributed by atoms with E-state index in [9.17, 15) is 17.6 Å². The number of aryl methyl sites for hydroxylation is 1. The van der Waals surface area contributed by atoms with Crippen molar-refractivity contribution in [1.82, 2.24) is 0 Å². The molecule has 2 rings (SSSR count). The number of aromatic carboxylic acids is 1. The fourth-order valence-corrected chi connectivity index (χ4v) is 3.66. The summed E-state index contributed by atoms with van der Waals surface area (Å²) < 4.78 is 39.7. The average Bonchev–Trinajstić information content (AvgIpc) is 2.83. The van der Waals surface area contributed by atoms with Gasteiger partial charge in [0.15, 0.2) is 0 Å². The third-order valence-corrected chi connectivity index (χ3v) is 4.88. The maximum Gasteiger partial charge on any atom is 0.345 e. The van der Waals surface area contributed by atoms with Gasteiger partial charge < -0.3 is 5.11 Å². The largest absolute Gasteiger partial charge is 0.477 e. The number of hydrogen-bond acceptors (Lipinski definition) is 4. The lowest BCUT2D eigenvalue weighted by Crippen LogP contribution is -2.13. The zero-order chi connectivity index (χ0) is 14.9. The van der Waals surface area contributed by atoms with Crippen LogP contribution in [0.5, 0.6) is 0 Å². The summed E-state index contributed by atoms with van der Waals surface area (Å²) in [5.41, 5.74) is 0.479. The lowest BCUT2D eigenvalue weighted by atomic mass is 10.2. The normalized spacial score (nSPS) is 11.3. The van der Waals surface area contributed by atoms with E-state index in [1.807, 2.05) is 0 Å². The van der Waals surface area contributed by atoms with E-state index >= 15 is 0 Å². The first-order valence-electron chi connectivity index (χ1n) is 5.40. The Hall–Kier alpha value is -1.93. The minimum atomic E-state index is -4.00. The molecule has 0 aliphatic carbocycles. The second kappa shape index (κ2) is 5.22. The van der Waals surface area contributed by atoms with Crippen LogP contribution in [0.4, 0.5) is 10.1 Å². The van der Waals surface area contributed by atoms with Crippen molar-refractivity contribution in [2.45, 2.75) is 11.8 Å². The van der Waals surface area contributed by atoms with Crippen LogP contribution >= 0.6 is 11.3 Å². The number of hydrogen-bond donors (Lipinski definition) is 2. The lowest BCUT2D eigenvalue weighted by molar-refractivity contribution is 0.0702.